The van der Waals surface area contributed by atoms with Crippen molar-refractivity contribution in [2.45, 2.75) is 130 Å². The van der Waals surface area contributed by atoms with Crippen molar-refractivity contribution in [1.29, 1.82) is 0 Å². The molecule has 0 N–H and O–H groups in total. The van der Waals surface area contributed by atoms with Crippen LogP contribution in [-0.4, -0.2) is 19.0 Å². The molecular weight excluding hydrogens is 416 g/mol. The molecule has 0 aromatic rings. The normalized spacial score (nSPS) is 46.2. The van der Waals surface area contributed by atoms with Gasteiger partial charge in [0.05, 0.1) is 6.10 Å². The van der Waals surface area contributed by atoms with Crippen LogP contribution in [0.1, 0.15) is 118 Å². The van der Waals surface area contributed by atoms with E-state index < -0.39 is 0 Å². The van der Waals surface area contributed by atoms with Crippen molar-refractivity contribution in [2.24, 2.45) is 40.4 Å². The number of hydrogen-bond donors (Lipinski definition) is 0. The molecule has 0 bridgehead atoms. The van der Waals surface area contributed by atoms with Crippen molar-refractivity contribution < 1.29 is 9.47 Å². The van der Waals surface area contributed by atoms with E-state index in [1.807, 2.05) is 0 Å². The molecule has 5 fully saturated rings. The van der Waals surface area contributed by atoms with Crippen LogP contribution < -0.4 is 0 Å². The van der Waals surface area contributed by atoms with Gasteiger partial charge in [-0.1, -0.05) is 37.6 Å². The molecule has 2 heteroatoms. The van der Waals surface area contributed by atoms with E-state index >= 15 is 0 Å². The SMILES string of the molecule is C=C(CCC=C(C)C)[C@H]1CC[C@H]2[C@@H]3CC[C@H]4C[C@@H](OC5CCCCO5)CC[C@]4(C)[C@H]3CC[C@]12C. The zero-order chi connectivity index (χ0) is 23.9. The van der Waals surface area contributed by atoms with Gasteiger partial charge in [-0.05, 0) is 144 Å². The van der Waals surface area contributed by atoms with E-state index in [1.54, 1.807) is 5.57 Å². The smallest absolute Gasteiger partial charge is 0.157 e. The lowest BCUT2D eigenvalue weighted by Crippen LogP contribution is -2.54. The highest BCUT2D eigenvalue weighted by Crippen LogP contribution is 2.68. The fourth-order valence-electron chi connectivity index (χ4n) is 9.77. The van der Waals surface area contributed by atoms with Crippen LogP contribution in [0.4, 0.5) is 0 Å². The van der Waals surface area contributed by atoms with Crippen LogP contribution in [0, 0.1) is 40.4 Å². The topological polar surface area (TPSA) is 18.5 Å². The van der Waals surface area contributed by atoms with Crippen molar-refractivity contribution in [3.05, 3.63) is 23.8 Å². The fraction of sp³-hybridized carbons (Fsp3) is 0.875. The molecule has 2 nitrogen and oxygen atoms in total. The van der Waals surface area contributed by atoms with E-state index in [4.69, 9.17) is 9.47 Å². The van der Waals surface area contributed by atoms with Gasteiger partial charge < -0.3 is 9.47 Å². The largest absolute Gasteiger partial charge is 0.353 e. The lowest BCUT2D eigenvalue weighted by molar-refractivity contribution is -0.212. The fourth-order valence-corrected chi connectivity index (χ4v) is 9.77. The Morgan fingerprint density at radius 1 is 0.941 bits per heavy atom. The Labute approximate surface area is 210 Å². The molecule has 0 spiro atoms. The Bertz CT molecular complexity index is 759. The van der Waals surface area contributed by atoms with Crippen LogP contribution in [0.2, 0.25) is 0 Å². The van der Waals surface area contributed by atoms with Crippen LogP contribution in [0.5, 0.6) is 0 Å². The molecule has 192 valence electrons. The monoisotopic (exact) mass is 468 g/mol. The predicted molar refractivity (Wildman–Crippen MR) is 141 cm³/mol. The van der Waals surface area contributed by atoms with Gasteiger partial charge in [0.25, 0.3) is 0 Å². The molecule has 1 heterocycles. The first-order chi connectivity index (χ1) is 16.3. The Morgan fingerprint density at radius 2 is 1.74 bits per heavy atom. The Morgan fingerprint density at radius 3 is 2.50 bits per heavy atom. The first kappa shape index (κ1) is 25.1. The van der Waals surface area contributed by atoms with Crippen LogP contribution in [-0.2, 0) is 9.47 Å². The van der Waals surface area contributed by atoms with E-state index in [0.717, 1.165) is 42.6 Å². The third-order valence-corrected chi connectivity index (χ3v) is 11.6. The number of fused-ring (bicyclic) bond motifs is 5. The molecule has 4 aliphatic carbocycles. The van der Waals surface area contributed by atoms with Gasteiger partial charge in [-0.25, -0.2) is 0 Å². The second kappa shape index (κ2) is 10.0. The Balaban J connectivity index is 1.23. The quantitative estimate of drug-likeness (QED) is 0.286. The molecule has 5 aliphatic rings. The van der Waals surface area contributed by atoms with Gasteiger partial charge in [-0.15, -0.1) is 0 Å². The molecule has 9 atom stereocenters. The summed E-state index contributed by atoms with van der Waals surface area (Å²) >= 11 is 0. The molecule has 0 aromatic heterocycles. The summed E-state index contributed by atoms with van der Waals surface area (Å²) in [6, 6.07) is 0. The van der Waals surface area contributed by atoms with Gasteiger partial charge in [0.1, 0.15) is 0 Å². The van der Waals surface area contributed by atoms with Gasteiger partial charge >= 0.3 is 0 Å². The molecule has 1 aliphatic heterocycles. The first-order valence-corrected chi connectivity index (χ1v) is 14.9. The third kappa shape index (κ3) is 4.60. The van der Waals surface area contributed by atoms with Crippen LogP contribution in [0.15, 0.2) is 23.8 Å². The second-order valence-electron chi connectivity index (χ2n) is 13.6. The first-order valence-electron chi connectivity index (χ1n) is 14.9. The van der Waals surface area contributed by atoms with E-state index in [0.29, 0.717) is 16.9 Å². The number of hydrogen-bond acceptors (Lipinski definition) is 2. The molecule has 0 amide bonds. The van der Waals surface area contributed by atoms with E-state index in [1.165, 1.54) is 89.0 Å². The summed E-state index contributed by atoms with van der Waals surface area (Å²) in [6.07, 6.45) is 21.4. The van der Waals surface area contributed by atoms with Crippen molar-refractivity contribution in [2.75, 3.05) is 6.61 Å². The molecule has 5 rings (SSSR count). The van der Waals surface area contributed by atoms with E-state index in [9.17, 15) is 0 Å². The molecular formula is C32H52O2. The summed E-state index contributed by atoms with van der Waals surface area (Å²) in [5.74, 6) is 4.44. The van der Waals surface area contributed by atoms with Gasteiger partial charge in [-0.3, -0.25) is 0 Å². The summed E-state index contributed by atoms with van der Waals surface area (Å²) in [6.45, 7) is 15.3. The maximum atomic E-state index is 6.50. The van der Waals surface area contributed by atoms with Crippen molar-refractivity contribution >= 4 is 0 Å². The minimum absolute atomic E-state index is 0.0788. The van der Waals surface area contributed by atoms with Gasteiger partial charge in [0, 0.05) is 6.61 Å². The zero-order valence-electron chi connectivity index (χ0n) is 22.7. The summed E-state index contributed by atoms with van der Waals surface area (Å²) < 4.78 is 12.4. The van der Waals surface area contributed by atoms with Gasteiger partial charge in [-0.2, -0.15) is 0 Å². The summed E-state index contributed by atoms with van der Waals surface area (Å²) in [5, 5.41) is 0. The average Bonchev–Trinajstić information content (AvgIpc) is 3.17. The highest BCUT2D eigenvalue weighted by molar-refractivity contribution is 5.17. The zero-order valence-corrected chi connectivity index (χ0v) is 22.7. The number of rotatable bonds is 6. The maximum absolute atomic E-state index is 6.50. The van der Waals surface area contributed by atoms with Crippen molar-refractivity contribution in [3.8, 4) is 0 Å². The summed E-state index contributed by atoms with van der Waals surface area (Å²) in [4.78, 5) is 0. The summed E-state index contributed by atoms with van der Waals surface area (Å²) in [7, 11) is 0. The molecule has 34 heavy (non-hydrogen) atoms. The predicted octanol–water partition coefficient (Wildman–Crippen LogP) is 8.86. The van der Waals surface area contributed by atoms with Crippen molar-refractivity contribution in [1.82, 2.24) is 0 Å². The van der Waals surface area contributed by atoms with Gasteiger partial charge in [0.2, 0.25) is 0 Å². The Kier molecular flexibility index (Phi) is 7.40. The molecule has 1 unspecified atom stereocenters. The standard InChI is InChI=1S/C32H52O2/c1-22(2)9-8-10-23(3)27-14-15-28-26-13-12-24-21-25(34-30-11-6-7-20-33-30)16-18-31(24,4)29(26)17-19-32(27,28)5/h9,24-30H,3,6-8,10-21H2,1-2,4-5H3/t24-,25-,26-,27+,28-,29-,30?,31-,32+/m0/s1. The molecule has 4 saturated carbocycles. The third-order valence-electron chi connectivity index (χ3n) is 11.6. The molecule has 0 radical (unpaired) electrons. The minimum atomic E-state index is 0.0788. The molecule has 1 saturated heterocycles. The van der Waals surface area contributed by atoms with E-state index in [-0.39, 0.29) is 6.29 Å². The van der Waals surface area contributed by atoms with Crippen LogP contribution in [0.25, 0.3) is 0 Å². The second-order valence-corrected chi connectivity index (χ2v) is 13.6. The highest BCUT2D eigenvalue weighted by atomic mass is 16.7. The van der Waals surface area contributed by atoms with Crippen LogP contribution >= 0.6 is 0 Å². The lowest BCUT2D eigenvalue weighted by Gasteiger charge is -2.61. The van der Waals surface area contributed by atoms with Crippen molar-refractivity contribution in [3.63, 3.8) is 0 Å². The van der Waals surface area contributed by atoms with Crippen LogP contribution in [0.3, 0.4) is 0 Å². The average molecular weight is 469 g/mol. The summed E-state index contributed by atoms with van der Waals surface area (Å²) in [5.41, 5.74) is 4.05. The Hall–Kier alpha value is -0.600. The van der Waals surface area contributed by atoms with E-state index in [2.05, 4.69) is 40.3 Å². The minimum Gasteiger partial charge on any atom is -0.353 e. The lowest BCUT2D eigenvalue weighted by atomic mass is 9.44. The van der Waals surface area contributed by atoms with Gasteiger partial charge in [0.15, 0.2) is 6.29 Å². The number of allylic oxidation sites excluding steroid dienone is 3. The highest BCUT2D eigenvalue weighted by Gasteiger charge is 2.60. The number of ether oxygens (including phenoxy) is 2. The maximum Gasteiger partial charge on any atom is 0.157 e. The molecule has 0 aromatic carbocycles.